The number of halogens is 1. The molecule has 1 unspecified atom stereocenters. The minimum atomic E-state index is -4.69. The minimum absolute atomic E-state index is 0.0421. The zero-order valence-electron chi connectivity index (χ0n) is 16.0. The summed E-state index contributed by atoms with van der Waals surface area (Å²) in [6.45, 7) is -0.522. The largest absolute Gasteiger partial charge is 0.469 e. The number of anilines is 1. The predicted octanol–water partition coefficient (Wildman–Crippen LogP) is 1.51. The number of nitrogens with zero attached hydrogens (tertiary/aromatic N) is 6. The third kappa shape index (κ3) is 4.59. The van der Waals surface area contributed by atoms with Gasteiger partial charge in [0.15, 0.2) is 5.82 Å². The van der Waals surface area contributed by atoms with Crippen molar-refractivity contribution in [2.75, 3.05) is 18.1 Å². The van der Waals surface area contributed by atoms with Crippen molar-refractivity contribution in [3.63, 3.8) is 0 Å². The van der Waals surface area contributed by atoms with Crippen LogP contribution in [0.15, 0.2) is 36.5 Å². The van der Waals surface area contributed by atoms with E-state index in [4.69, 9.17) is 14.5 Å². The molecular weight excluding hydrogens is 434 g/mol. The van der Waals surface area contributed by atoms with Crippen LogP contribution in [0.4, 0.5) is 14.9 Å². The highest BCUT2D eigenvalue weighted by Gasteiger charge is 2.34. The van der Waals surface area contributed by atoms with Crippen molar-refractivity contribution < 1.29 is 32.8 Å². The van der Waals surface area contributed by atoms with Crippen molar-refractivity contribution in [1.82, 2.24) is 25.2 Å². The van der Waals surface area contributed by atoms with Gasteiger partial charge in [0.1, 0.15) is 17.6 Å². The fourth-order valence-electron chi connectivity index (χ4n) is 3.04. The first-order chi connectivity index (χ1) is 14.7. The van der Waals surface area contributed by atoms with Gasteiger partial charge in [0.2, 0.25) is 0 Å². The van der Waals surface area contributed by atoms with E-state index in [1.54, 1.807) is 19.2 Å². The molecule has 0 radical (unpaired) electrons. The summed E-state index contributed by atoms with van der Waals surface area (Å²) >= 11 is 0. The number of amides is 1. The Bertz CT molecular complexity index is 1170. The number of benzene rings is 1. The zero-order valence-corrected chi connectivity index (χ0v) is 16.9. The van der Waals surface area contributed by atoms with Crippen LogP contribution in [0.25, 0.3) is 22.6 Å². The molecule has 0 saturated carbocycles. The molecule has 31 heavy (non-hydrogen) atoms. The number of ether oxygens (including phenoxy) is 1. The topological polar surface area (TPSA) is 153 Å². The molecule has 14 heteroatoms. The maximum atomic E-state index is 14.8. The van der Waals surface area contributed by atoms with E-state index in [0.717, 1.165) is 4.90 Å². The number of phosphoric acid groups is 1. The van der Waals surface area contributed by atoms with Crippen LogP contribution in [0, 0.1) is 5.82 Å². The molecule has 2 N–H and O–H groups in total. The number of pyridine rings is 1. The Morgan fingerprint density at radius 3 is 2.74 bits per heavy atom. The van der Waals surface area contributed by atoms with E-state index < -0.39 is 32.4 Å². The summed E-state index contributed by atoms with van der Waals surface area (Å²) < 4.78 is 36.4. The molecule has 1 amide bonds. The lowest BCUT2D eigenvalue weighted by molar-refractivity contribution is 0.0880. The summed E-state index contributed by atoms with van der Waals surface area (Å²) in [7, 11) is -3.01. The van der Waals surface area contributed by atoms with E-state index in [1.807, 2.05) is 0 Å². The summed E-state index contributed by atoms with van der Waals surface area (Å²) in [5.41, 5.74) is 1.55. The molecule has 1 fully saturated rings. The Morgan fingerprint density at radius 2 is 2.13 bits per heavy atom. The van der Waals surface area contributed by atoms with E-state index >= 15 is 0 Å². The first-order valence-corrected chi connectivity index (χ1v) is 10.4. The van der Waals surface area contributed by atoms with Crippen LogP contribution in [0.3, 0.4) is 0 Å². The zero-order chi connectivity index (χ0) is 22.2. The number of carbonyl (C=O) groups excluding carboxylic acids is 1. The third-order valence-corrected chi connectivity index (χ3v) is 4.98. The quantitative estimate of drug-likeness (QED) is 0.529. The standard InChI is InChI=1S/C17H16FN6O6P/c1-23-16(20-21-22-23)15-5-2-10(7-19-15)13-4-3-11(6-14(13)18)24-8-12(30-17(24)25)9-29-31(26,27)28/h2-7,12H,8-9H2,1H3,(H2,26,27,28). The molecule has 1 aliphatic rings. The molecule has 162 valence electrons. The van der Waals surface area contributed by atoms with Gasteiger partial charge in [-0.15, -0.1) is 5.10 Å². The summed E-state index contributed by atoms with van der Waals surface area (Å²) in [6.07, 6.45) is -0.175. The fourth-order valence-corrected chi connectivity index (χ4v) is 3.40. The number of carbonyl (C=O) groups is 1. The lowest BCUT2D eigenvalue weighted by atomic mass is 10.1. The van der Waals surface area contributed by atoms with E-state index in [2.05, 4.69) is 25.0 Å². The van der Waals surface area contributed by atoms with Crippen molar-refractivity contribution in [2.24, 2.45) is 7.05 Å². The third-order valence-electron chi connectivity index (χ3n) is 4.49. The molecule has 4 rings (SSSR count). The average molecular weight is 450 g/mol. The maximum Gasteiger partial charge on any atom is 0.469 e. The van der Waals surface area contributed by atoms with Crippen LogP contribution in [-0.4, -0.2) is 60.3 Å². The van der Waals surface area contributed by atoms with Gasteiger partial charge in [0.25, 0.3) is 0 Å². The molecule has 2 aromatic heterocycles. The number of cyclic esters (lactones) is 1. The van der Waals surface area contributed by atoms with Gasteiger partial charge < -0.3 is 14.5 Å². The first kappa shape index (κ1) is 21.0. The van der Waals surface area contributed by atoms with E-state index in [0.29, 0.717) is 17.1 Å². The smallest absolute Gasteiger partial charge is 0.441 e. The van der Waals surface area contributed by atoms with Crippen molar-refractivity contribution in [2.45, 2.75) is 6.10 Å². The molecule has 0 bridgehead atoms. The number of hydrogen-bond donors (Lipinski definition) is 2. The number of aromatic nitrogens is 5. The number of aryl methyl sites for hydroxylation is 1. The second-order valence-corrected chi connectivity index (χ2v) is 7.86. The number of phosphoric ester groups is 1. The molecule has 0 spiro atoms. The van der Waals surface area contributed by atoms with E-state index in [-0.39, 0.29) is 17.8 Å². The van der Waals surface area contributed by atoms with Crippen LogP contribution in [0.2, 0.25) is 0 Å². The minimum Gasteiger partial charge on any atom is -0.441 e. The number of tetrazole rings is 1. The van der Waals surface area contributed by atoms with Gasteiger partial charge >= 0.3 is 13.9 Å². The molecule has 12 nitrogen and oxygen atoms in total. The van der Waals surface area contributed by atoms with Crippen LogP contribution in [0.5, 0.6) is 0 Å². The Hall–Kier alpha value is -3.25. The summed E-state index contributed by atoms with van der Waals surface area (Å²) in [5, 5.41) is 11.2. The Labute approximate surface area is 174 Å². The molecule has 1 aliphatic heterocycles. The number of rotatable bonds is 6. The van der Waals surface area contributed by atoms with E-state index in [9.17, 15) is 13.8 Å². The Balaban J connectivity index is 1.50. The van der Waals surface area contributed by atoms with Gasteiger partial charge in [-0.1, -0.05) is 6.07 Å². The van der Waals surface area contributed by atoms with Gasteiger partial charge in [-0.3, -0.25) is 14.4 Å². The van der Waals surface area contributed by atoms with Gasteiger partial charge in [-0.25, -0.2) is 18.4 Å². The van der Waals surface area contributed by atoms with Gasteiger partial charge in [-0.2, -0.15) is 0 Å². The molecule has 1 atom stereocenters. The monoisotopic (exact) mass is 450 g/mol. The van der Waals surface area contributed by atoms with Gasteiger partial charge in [-0.05, 0) is 34.7 Å². The molecular formula is C17H16FN6O6P. The molecule has 3 heterocycles. The van der Waals surface area contributed by atoms with Crippen molar-refractivity contribution in [3.05, 3.63) is 42.3 Å². The molecule has 3 aromatic rings. The fraction of sp³-hybridized carbons (Fsp3) is 0.235. The van der Waals surface area contributed by atoms with E-state index in [1.165, 1.54) is 29.1 Å². The second-order valence-electron chi connectivity index (χ2n) is 6.63. The average Bonchev–Trinajstić information content (AvgIpc) is 3.31. The lowest BCUT2D eigenvalue weighted by Crippen LogP contribution is -2.25. The summed E-state index contributed by atoms with van der Waals surface area (Å²) in [4.78, 5) is 35.0. The highest BCUT2D eigenvalue weighted by Crippen LogP contribution is 2.37. The van der Waals surface area contributed by atoms with Crippen molar-refractivity contribution in [3.8, 4) is 22.6 Å². The normalized spacial score (nSPS) is 16.6. The van der Waals surface area contributed by atoms with Gasteiger partial charge in [0.05, 0.1) is 18.8 Å². The summed E-state index contributed by atoms with van der Waals surface area (Å²) in [6, 6.07) is 7.54. The molecule has 1 aromatic carbocycles. The Kier molecular flexibility index (Phi) is 5.50. The number of hydrogen-bond acceptors (Lipinski definition) is 8. The summed E-state index contributed by atoms with van der Waals surface area (Å²) in [5.74, 6) is -0.123. The lowest BCUT2D eigenvalue weighted by Gasteiger charge is -2.14. The SMILES string of the molecule is Cn1nnnc1-c1ccc(-c2ccc(N3CC(COP(=O)(O)O)OC3=O)cc2F)cn1. The second kappa shape index (κ2) is 8.12. The highest BCUT2D eigenvalue weighted by molar-refractivity contribution is 7.46. The van der Waals surface area contributed by atoms with Crippen molar-refractivity contribution in [1.29, 1.82) is 0 Å². The molecule has 0 aliphatic carbocycles. The van der Waals surface area contributed by atoms with Gasteiger partial charge in [0, 0.05) is 24.4 Å². The van der Waals surface area contributed by atoms with Crippen LogP contribution in [0.1, 0.15) is 0 Å². The van der Waals surface area contributed by atoms with Crippen molar-refractivity contribution >= 4 is 19.6 Å². The van der Waals surface area contributed by atoms with Crippen LogP contribution < -0.4 is 4.90 Å². The molecule has 1 saturated heterocycles. The first-order valence-electron chi connectivity index (χ1n) is 8.88. The Morgan fingerprint density at radius 1 is 1.32 bits per heavy atom. The van der Waals surface area contributed by atoms with Crippen LogP contribution in [-0.2, 0) is 20.9 Å². The maximum absolute atomic E-state index is 14.8. The predicted molar refractivity (Wildman–Crippen MR) is 103 cm³/mol. The highest BCUT2D eigenvalue weighted by atomic mass is 31.2. The van der Waals surface area contributed by atoms with Crippen LogP contribution >= 0.6 is 7.82 Å².